The predicted octanol–water partition coefficient (Wildman–Crippen LogP) is 3.15. The summed E-state index contributed by atoms with van der Waals surface area (Å²) in [5.41, 5.74) is 0.666. The van der Waals surface area contributed by atoms with Gasteiger partial charge in [0.1, 0.15) is 0 Å². The highest BCUT2D eigenvalue weighted by atomic mass is 32.2. The van der Waals surface area contributed by atoms with E-state index in [1.807, 2.05) is 0 Å². The first-order chi connectivity index (χ1) is 13.4. The van der Waals surface area contributed by atoms with Gasteiger partial charge in [-0.2, -0.15) is 4.31 Å². The maximum atomic E-state index is 12.7. The number of benzene rings is 2. The Hall–Kier alpha value is -2.51. The van der Waals surface area contributed by atoms with E-state index in [0.29, 0.717) is 24.6 Å². The molecule has 6 nitrogen and oxygen atoms in total. The molecule has 1 aliphatic rings. The number of hydrogen-bond acceptors (Lipinski definition) is 5. The van der Waals surface area contributed by atoms with E-state index in [0.717, 1.165) is 12.8 Å². The third kappa shape index (κ3) is 4.66. The van der Waals surface area contributed by atoms with Crippen LogP contribution < -0.4 is 0 Å². The molecule has 0 bridgehead atoms. The van der Waals surface area contributed by atoms with Crippen molar-refractivity contribution in [1.82, 2.24) is 4.31 Å². The molecular formula is C21H23NO5S. The van der Waals surface area contributed by atoms with Crippen molar-refractivity contribution in [2.24, 2.45) is 5.92 Å². The Labute approximate surface area is 165 Å². The summed E-state index contributed by atoms with van der Waals surface area (Å²) in [6, 6.07) is 14.2. The Balaban J connectivity index is 1.62. The molecule has 3 rings (SSSR count). The van der Waals surface area contributed by atoms with Crippen LogP contribution in [0.5, 0.6) is 0 Å². The molecule has 0 N–H and O–H groups in total. The van der Waals surface area contributed by atoms with Crippen molar-refractivity contribution in [2.75, 3.05) is 19.7 Å². The van der Waals surface area contributed by atoms with Crippen molar-refractivity contribution in [3.8, 4) is 0 Å². The highest BCUT2D eigenvalue weighted by Crippen LogP contribution is 2.23. The number of Topliss-reactive ketones (excluding diaryl/α,β-unsaturated/α-hetero) is 1. The second kappa shape index (κ2) is 8.67. The molecule has 1 heterocycles. The molecule has 148 valence electrons. The molecule has 1 fully saturated rings. The molecule has 1 saturated heterocycles. The van der Waals surface area contributed by atoms with Gasteiger partial charge < -0.3 is 4.74 Å². The maximum Gasteiger partial charge on any atom is 0.338 e. The Kier molecular flexibility index (Phi) is 6.26. The SMILES string of the molecule is CC1CCN(S(=O)(=O)c2ccc(C(=O)OCC(=O)c3ccccc3)cc2)CC1. The second-order valence-electron chi connectivity index (χ2n) is 6.98. The van der Waals surface area contributed by atoms with Gasteiger partial charge in [-0.25, -0.2) is 13.2 Å². The fourth-order valence-corrected chi connectivity index (χ4v) is 4.53. The van der Waals surface area contributed by atoms with Crippen molar-refractivity contribution in [1.29, 1.82) is 0 Å². The first-order valence-electron chi connectivity index (χ1n) is 9.23. The van der Waals surface area contributed by atoms with Crippen LogP contribution in [-0.4, -0.2) is 44.2 Å². The number of piperidine rings is 1. The molecule has 2 aromatic rings. The Morgan fingerprint density at radius 3 is 2.18 bits per heavy atom. The lowest BCUT2D eigenvalue weighted by Gasteiger charge is -2.29. The fraction of sp³-hybridized carbons (Fsp3) is 0.333. The van der Waals surface area contributed by atoms with Crippen LogP contribution in [0.2, 0.25) is 0 Å². The number of ketones is 1. The molecule has 0 amide bonds. The molecular weight excluding hydrogens is 378 g/mol. The van der Waals surface area contributed by atoms with Crippen molar-refractivity contribution in [3.05, 3.63) is 65.7 Å². The lowest BCUT2D eigenvalue weighted by atomic mass is 10.0. The van der Waals surface area contributed by atoms with Gasteiger partial charge in [0.15, 0.2) is 12.4 Å². The highest BCUT2D eigenvalue weighted by molar-refractivity contribution is 7.89. The minimum Gasteiger partial charge on any atom is -0.454 e. The van der Waals surface area contributed by atoms with Gasteiger partial charge >= 0.3 is 5.97 Å². The standard InChI is InChI=1S/C21H23NO5S/c1-16-11-13-22(14-12-16)28(25,26)19-9-7-18(8-10-19)21(24)27-15-20(23)17-5-3-2-4-6-17/h2-10,16H,11-15H2,1H3. The zero-order valence-electron chi connectivity index (χ0n) is 15.7. The fourth-order valence-electron chi connectivity index (χ4n) is 3.06. The first-order valence-corrected chi connectivity index (χ1v) is 10.7. The van der Waals surface area contributed by atoms with E-state index >= 15 is 0 Å². The number of ether oxygens (including phenoxy) is 1. The van der Waals surface area contributed by atoms with E-state index in [2.05, 4.69) is 6.92 Å². The third-order valence-electron chi connectivity index (χ3n) is 4.90. The average molecular weight is 401 g/mol. The van der Waals surface area contributed by atoms with E-state index in [1.165, 1.54) is 28.6 Å². The van der Waals surface area contributed by atoms with Gasteiger partial charge in [0.05, 0.1) is 10.5 Å². The van der Waals surface area contributed by atoms with Gasteiger partial charge in [0, 0.05) is 18.7 Å². The molecule has 0 aliphatic carbocycles. The summed E-state index contributed by atoms with van der Waals surface area (Å²) >= 11 is 0. The van der Waals surface area contributed by atoms with Crippen LogP contribution in [0.25, 0.3) is 0 Å². The van der Waals surface area contributed by atoms with Crippen LogP contribution in [0.15, 0.2) is 59.5 Å². The smallest absolute Gasteiger partial charge is 0.338 e. The zero-order valence-corrected chi connectivity index (χ0v) is 16.5. The largest absolute Gasteiger partial charge is 0.454 e. The molecule has 7 heteroatoms. The Morgan fingerprint density at radius 2 is 1.57 bits per heavy atom. The van der Waals surface area contributed by atoms with Gasteiger partial charge in [-0.15, -0.1) is 0 Å². The number of nitrogens with zero attached hydrogens (tertiary/aromatic N) is 1. The predicted molar refractivity (Wildman–Crippen MR) is 105 cm³/mol. The van der Waals surface area contributed by atoms with E-state index in [9.17, 15) is 18.0 Å². The summed E-state index contributed by atoms with van der Waals surface area (Å²) in [6.07, 6.45) is 1.69. The molecule has 0 unspecified atom stereocenters. The lowest BCUT2D eigenvalue weighted by molar-refractivity contribution is 0.0474. The minimum atomic E-state index is -3.56. The van der Waals surface area contributed by atoms with Crippen molar-refractivity contribution >= 4 is 21.8 Å². The summed E-state index contributed by atoms with van der Waals surface area (Å²) in [4.78, 5) is 24.3. The van der Waals surface area contributed by atoms with Crippen molar-refractivity contribution in [3.63, 3.8) is 0 Å². The molecule has 1 aliphatic heterocycles. The normalized spacial score (nSPS) is 15.9. The molecule has 28 heavy (non-hydrogen) atoms. The molecule has 0 spiro atoms. The second-order valence-corrected chi connectivity index (χ2v) is 8.91. The minimum absolute atomic E-state index is 0.152. The van der Waals surface area contributed by atoms with E-state index in [-0.39, 0.29) is 22.8 Å². The summed E-state index contributed by atoms with van der Waals surface area (Å²) < 4.78 is 32.0. The summed E-state index contributed by atoms with van der Waals surface area (Å²) in [6.45, 7) is 2.77. The summed E-state index contributed by atoms with van der Waals surface area (Å²) in [5, 5.41) is 0. The molecule has 0 radical (unpaired) electrons. The van der Waals surface area contributed by atoms with Crippen molar-refractivity contribution in [2.45, 2.75) is 24.7 Å². The van der Waals surface area contributed by atoms with Gasteiger partial charge in [0.25, 0.3) is 0 Å². The van der Waals surface area contributed by atoms with E-state index < -0.39 is 16.0 Å². The van der Waals surface area contributed by atoms with Crippen molar-refractivity contribution < 1.29 is 22.7 Å². The number of carbonyl (C=O) groups excluding carboxylic acids is 2. The van der Waals surface area contributed by atoms with Gasteiger partial charge in [-0.05, 0) is 43.0 Å². The number of rotatable bonds is 6. The number of sulfonamides is 1. The third-order valence-corrected chi connectivity index (χ3v) is 6.81. The van der Waals surface area contributed by atoms with Gasteiger partial charge in [-0.3, -0.25) is 4.79 Å². The Bertz CT molecular complexity index is 931. The van der Waals surface area contributed by atoms with Crippen LogP contribution in [0.1, 0.15) is 40.5 Å². The zero-order chi connectivity index (χ0) is 20.1. The van der Waals surface area contributed by atoms with Gasteiger partial charge in [-0.1, -0.05) is 37.3 Å². The van der Waals surface area contributed by atoms with Crippen LogP contribution in [0.4, 0.5) is 0 Å². The molecule has 0 saturated carbocycles. The number of hydrogen-bond donors (Lipinski definition) is 0. The van der Waals surface area contributed by atoms with Gasteiger partial charge in [0.2, 0.25) is 10.0 Å². The van der Waals surface area contributed by atoms with Crippen LogP contribution in [0.3, 0.4) is 0 Å². The molecule has 2 aromatic carbocycles. The Morgan fingerprint density at radius 1 is 0.964 bits per heavy atom. The molecule has 0 atom stereocenters. The average Bonchev–Trinajstić information content (AvgIpc) is 2.73. The first kappa shape index (κ1) is 20.2. The quantitative estimate of drug-likeness (QED) is 0.549. The monoisotopic (exact) mass is 401 g/mol. The number of esters is 1. The maximum absolute atomic E-state index is 12.7. The van der Waals surface area contributed by atoms with E-state index in [4.69, 9.17) is 4.74 Å². The highest BCUT2D eigenvalue weighted by Gasteiger charge is 2.28. The topological polar surface area (TPSA) is 80.8 Å². The summed E-state index contributed by atoms with van der Waals surface area (Å²) in [7, 11) is -3.56. The van der Waals surface area contributed by atoms with Crippen LogP contribution in [0, 0.1) is 5.92 Å². The molecule has 0 aromatic heterocycles. The van der Waals surface area contributed by atoms with Crippen LogP contribution >= 0.6 is 0 Å². The van der Waals surface area contributed by atoms with E-state index in [1.54, 1.807) is 30.3 Å². The number of carbonyl (C=O) groups is 2. The summed E-state index contributed by atoms with van der Waals surface area (Å²) in [5.74, 6) is -0.435. The lowest BCUT2D eigenvalue weighted by Crippen LogP contribution is -2.37. The van der Waals surface area contributed by atoms with Crippen LogP contribution in [-0.2, 0) is 14.8 Å².